The fraction of sp³-hybridized carbons (Fsp3) is 0.0769. The zero-order valence-corrected chi connectivity index (χ0v) is 9.43. The first kappa shape index (κ1) is 11.9. The minimum absolute atomic E-state index is 0.134. The number of nitrogens with zero attached hydrogens (tertiary/aromatic N) is 2. The molecule has 0 fully saturated rings. The number of anilines is 1. The molecule has 0 bridgehead atoms. The van der Waals surface area contributed by atoms with Crippen molar-refractivity contribution in [2.24, 2.45) is 0 Å². The highest BCUT2D eigenvalue weighted by atomic mass is 19.1. The fourth-order valence-corrected chi connectivity index (χ4v) is 1.68. The second kappa shape index (κ2) is 4.72. The third-order valence-electron chi connectivity index (χ3n) is 2.49. The van der Waals surface area contributed by atoms with Crippen molar-refractivity contribution in [3.05, 3.63) is 63.8 Å². The van der Waals surface area contributed by atoms with Crippen LogP contribution in [0.25, 0.3) is 0 Å². The van der Waals surface area contributed by atoms with Crippen LogP contribution in [0.5, 0.6) is 0 Å². The highest BCUT2D eigenvalue weighted by Crippen LogP contribution is 2.09. The van der Waals surface area contributed by atoms with Gasteiger partial charge in [-0.05, 0) is 35.9 Å². The Morgan fingerprint density at radius 2 is 2.17 bits per heavy atom. The van der Waals surface area contributed by atoms with Gasteiger partial charge in [-0.15, -0.1) is 0 Å². The van der Waals surface area contributed by atoms with Crippen LogP contribution in [-0.4, -0.2) is 4.57 Å². The molecule has 0 radical (unpaired) electrons. The molecule has 2 rings (SSSR count). The summed E-state index contributed by atoms with van der Waals surface area (Å²) in [6.07, 6.45) is 1.57. The summed E-state index contributed by atoms with van der Waals surface area (Å²) in [5.41, 5.74) is 6.07. The molecule has 0 atom stereocenters. The van der Waals surface area contributed by atoms with Crippen LogP contribution in [0.15, 0.2) is 41.3 Å². The van der Waals surface area contributed by atoms with Crippen LogP contribution < -0.4 is 11.3 Å². The monoisotopic (exact) mass is 243 g/mol. The quantitative estimate of drug-likeness (QED) is 0.868. The average molecular weight is 243 g/mol. The van der Waals surface area contributed by atoms with Crippen LogP contribution in [-0.2, 0) is 6.54 Å². The van der Waals surface area contributed by atoms with Gasteiger partial charge in [-0.3, -0.25) is 4.79 Å². The lowest BCUT2D eigenvalue weighted by molar-refractivity contribution is 0.622. The Kier molecular flexibility index (Phi) is 3.11. The number of aromatic nitrogens is 1. The van der Waals surface area contributed by atoms with Crippen LogP contribution in [0.1, 0.15) is 11.1 Å². The Morgan fingerprint density at radius 3 is 2.89 bits per heavy atom. The summed E-state index contributed by atoms with van der Waals surface area (Å²) < 4.78 is 14.6. The maximum absolute atomic E-state index is 13.2. The van der Waals surface area contributed by atoms with Gasteiger partial charge >= 0.3 is 0 Å². The fourth-order valence-electron chi connectivity index (χ4n) is 1.68. The summed E-state index contributed by atoms with van der Waals surface area (Å²) in [5, 5.41) is 8.75. The zero-order chi connectivity index (χ0) is 13.1. The van der Waals surface area contributed by atoms with E-state index in [0.717, 1.165) is 6.07 Å². The summed E-state index contributed by atoms with van der Waals surface area (Å²) >= 11 is 0. The smallest absolute Gasteiger partial charge is 0.273 e. The Morgan fingerprint density at radius 1 is 1.39 bits per heavy atom. The minimum Gasteiger partial charge on any atom is -0.394 e. The van der Waals surface area contributed by atoms with Crippen LogP contribution in [0.4, 0.5) is 10.1 Å². The van der Waals surface area contributed by atoms with Crippen LogP contribution in [0.2, 0.25) is 0 Å². The minimum atomic E-state index is -0.499. The lowest BCUT2D eigenvalue weighted by Crippen LogP contribution is -2.22. The number of halogens is 1. The number of rotatable bonds is 2. The van der Waals surface area contributed by atoms with E-state index in [0.29, 0.717) is 5.56 Å². The van der Waals surface area contributed by atoms with Crippen molar-refractivity contribution in [1.29, 1.82) is 5.26 Å². The Labute approximate surface area is 103 Å². The van der Waals surface area contributed by atoms with E-state index in [1.165, 1.54) is 16.7 Å². The molecule has 4 nitrogen and oxygen atoms in total. The summed E-state index contributed by atoms with van der Waals surface area (Å²) in [6.45, 7) is 0.177. The van der Waals surface area contributed by atoms with Gasteiger partial charge in [-0.1, -0.05) is 0 Å². The number of pyridine rings is 1. The highest BCUT2D eigenvalue weighted by molar-refractivity contribution is 5.36. The Balaban J connectivity index is 2.41. The lowest BCUT2D eigenvalue weighted by atomic mass is 10.1. The van der Waals surface area contributed by atoms with Gasteiger partial charge in [0.05, 0.1) is 23.9 Å². The molecule has 1 aromatic carbocycles. The number of nitrogens with two attached hydrogens (primary N) is 1. The molecule has 1 aromatic heterocycles. The topological polar surface area (TPSA) is 71.8 Å². The van der Waals surface area contributed by atoms with E-state index in [1.807, 2.05) is 6.07 Å². The molecule has 0 unspecified atom stereocenters. The molecule has 90 valence electrons. The molecule has 0 aliphatic rings. The molecule has 2 N–H and O–H groups in total. The van der Waals surface area contributed by atoms with Crippen LogP contribution >= 0.6 is 0 Å². The van der Waals surface area contributed by atoms with E-state index in [1.54, 1.807) is 18.3 Å². The molecule has 0 aliphatic carbocycles. The predicted octanol–water partition coefficient (Wildman–Crippen LogP) is 1.49. The van der Waals surface area contributed by atoms with E-state index in [9.17, 15) is 9.18 Å². The van der Waals surface area contributed by atoms with Crippen molar-refractivity contribution in [3.8, 4) is 6.07 Å². The number of hydrogen-bond donors (Lipinski definition) is 1. The average Bonchev–Trinajstić information content (AvgIpc) is 2.34. The van der Waals surface area contributed by atoms with E-state index in [-0.39, 0.29) is 23.4 Å². The lowest BCUT2D eigenvalue weighted by Gasteiger charge is -2.07. The molecule has 1 heterocycles. The summed E-state index contributed by atoms with van der Waals surface area (Å²) in [7, 11) is 0. The molecule has 0 saturated heterocycles. The van der Waals surface area contributed by atoms with Crippen molar-refractivity contribution in [3.63, 3.8) is 0 Å². The maximum Gasteiger partial charge on any atom is 0.273 e. The molecular weight excluding hydrogens is 233 g/mol. The second-order valence-corrected chi connectivity index (χ2v) is 3.86. The van der Waals surface area contributed by atoms with Gasteiger partial charge in [0, 0.05) is 6.20 Å². The van der Waals surface area contributed by atoms with Gasteiger partial charge in [-0.2, -0.15) is 5.26 Å². The van der Waals surface area contributed by atoms with Crippen molar-refractivity contribution in [2.75, 3.05) is 5.73 Å². The number of nitriles is 1. The SMILES string of the molecule is N#Cc1cc(F)cc(Cn2cccc(N)c2=O)c1. The summed E-state index contributed by atoms with van der Waals surface area (Å²) in [4.78, 5) is 11.7. The number of hydrogen-bond acceptors (Lipinski definition) is 3. The number of nitrogen functional groups attached to an aromatic ring is 1. The van der Waals surface area contributed by atoms with Gasteiger partial charge < -0.3 is 10.3 Å². The van der Waals surface area contributed by atoms with E-state index >= 15 is 0 Å². The van der Waals surface area contributed by atoms with E-state index < -0.39 is 5.82 Å². The first-order valence-electron chi connectivity index (χ1n) is 5.24. The van der Waals surface area contributed by atoms with Gasteiger partial charge in [0.1, 0.15) is 5.82 Å². The third kappa shape index (κ3) is 2.38. The molecule has 0 aliphatic heterocycles. The van der Waals surface area contributed by atoms with Crippen LogP contribution in [0, 0.1) is 17.1 Å². The summed E-state index contributed by atoms with van der Waals surface area (Å²) in [5.74, 6) is -0.499. The van der Waals surface area contributed by atoms with Crippen LogP contribution in [0.3, 0.4) is 0 Å². The molecule has 0 saturated carbocycles. The van der Waals surface area contributed by atoms with Crippen molar-refractivity contribution in [1.82, 2.24) is 4.57 Å². The van der Waals surface area contributed by atoms with Crippen molar-refractivity contribution >= 4 is 5.69 Å². The normalized spacial score (nSPS) is 10.0. The van der Waals surface area contributed by atoms with E-state index in [2.05, 4.69) is 0 Å². The molecular formula is C13H10FN3O. The molecule has 5 heteroatoms. The molecule has 0 amide bonds. The molecule has 2 aromatic rings. The first-order valence-corrected chi connectivity index (χ1v) is 5.24. The molecule has 0 spiro atoms. The van der Waals surface area contributed by atoms with Gasteiger partial charge in [0.2, 0.25) is 0 Å². The first-order chi connectivity index (χ1) is 8.60. The Hall–Kier alpha value is -2.61. The largest absolute Gasteiger partial charge is 0.394 e. The molecule has 18 heavy (non-hydrogen) atoms. The van der Waals surface area contributed by atoms with Crippen molar-refractivity contribution < 1.29 is 4.39 Å². The Bertz CT molecular complexity index is 685. The zero-order valence-electron chi connectivity index (χ0n) is 9.43. The van der Waals surface area contributed by atoms with E-state index in [4.69, 9.17) is 11.0 Å². The highest BCUT2D eigenvalue weighted by Gasteiger charge is 2.04. The summed E-state index contributed by atoms with van der Waals surface area (Å²) in [6, 6.07) is 8.99. The van der Waals surface area contributed by atoms with Gasteiger partial charge in [-0.25, -0.2) is 4.39 Å². The third-order valence-corrected chi connectivity index (χ3v) is 2.49. The van der Waals surface area contributed by atoms with Gasteiger partial charge in [0.15, 0.2) is 0 Å². The standard InChI is InChI=1S/C13H10FN3O/c14-11-5-9(7-15)4-10(6-11)8-17-3-1-2-12(16)13(17)18/h1-6H,8,16H2. The van der Waals surface area contributed by atoms with Gasteiger partial charge in [0.25, 0.3) is 5.56 Å². The van der Waals surface area contributed by atoms with Crippen molar-refractivity contribution in [2.45, 2.75) is 6.54 Å². The predicted molar refractivity (Wildman–Crippen MR) is 65.3 cm³/mol. The second-order valence-electron chi connectivity index (χ2n) is 3.86. The maximum atomic E-state index is 13.2. The number of benzene rings is 1.